The van der Waals surface area contributed by atoms with E-state index in [9.17, 15) is 0 Å². The van der Waals surface area contributed by atoms with Crippen molar-refractivity contribution in [2.45, 2.75) is 13.0 Å². The van der Waals surface area contributed by atoms with Crippen LogP contribution in [0.5, 0.6) is 0 Å². The van der Waals surface area contributed by atoms with Gasteiger partial charge in [0.05, 0.1) is 0 Å². The van der Waals surface area contributed by atoms with Crippen LogP contribution in [0, 0.1) is 0 Å². The van der Waals surface area contributed by atoms with Crippen molar-refractivity contribution in [2.24, 2.45) is 5.84 Å². The number of rotatable bonds is 7. The van der Waals surface area contributed by atoms with E-state index in [1.807, 2.05) is 12.1 Å². The summed E-state index contributed by atoms with van der Waals surface area (Å²) in [7, 11) is 3.81. The third-order valence-corrected chi connectivity index (χ3v) is 2.31. The van der Waals surface area contributed by atoms with Crippen molar-refractivity contribution in [3.63, 3.8) is 0 Å². The number of nitrogen functional groups attached to an aromatic ring is 1. The maximum absolute atomic E-state index is 5.31. The second-order valence-corrected chi connectivity index (χ2v) is 3.78. The highest BCUT2D eigenvalue weighted by atomic mass is 16.5. The van der Waals surface area contributed by atoms with Crippen LogP contribution in [-0.4, -0.2) is 37.2 Å². The Balaban J connectivity index is 2.39. The molecule has 1 rings (SSSR count). The molecule has 0 unspecified atom stereocenters. The van der Waals surface area contributed by atoms with Gasteiger partial charge in [-0.05, 0) is 31.2 Å². The number of aromatic nitrogens is 1. The van der Waals surface area contributed by atoms with Crippen LogP contribution in [0.3, 0.4) is 0 Å². The molecule has 1 heterocycles. The van der Waals surface area contributed by atoms with Crippen molar-refractivity contribution in [3.05, 3.63) is 23.9 Å². The van der Waals surface area contributed by atoms with Gasteiger partial charge in [0.25, 0.3) is 0 Å². The number of pyridine rings is 1. The van der Waals surface area contributed by atoms with Crippen molar-refractivity contribution in [2.75, 3.05) is 32.7 Å². The van der Waals surface area contributed by atoms with Crippen molar-refractivity contribution >= 4 is 5.82 Å². The molecule has 16 heavy (non-hydrogen) atoms. The van der Waals surface area contributed by atoms with Gasteiger partial charge in [-0.25, -0.2) is 10.8 Å². The summed E-state index contributed by atoms with van der Waals surface area (Å²) in [6.07, 6.45) is 2.80. The van der Waals surface area contributed by atoms with Crippen LogP contribution >= 0.6 is 0 Å². The average molecular weight is 224 g/mol. The number of ether oxygens (including phenoxy) is 1. The molecule has 5 nitrogen and oxygen atoms in total. The molecule has 0 spiro atoms. The van der Waals surface area contributed by atoms with Gasteiger partial charge in [0.15, 0.2) is 0 Å². The zero-order valence-electron chi connectivity index (χ0n) is 9.94. The van der Waals surface area contributed by atoms with Crippen LogP contribution in [-0.2, 0) is 11.3 Å². The molecule has 1 aromatic rings. The minimum atomic E-state index is 0.697. The lowest BCUT2D eigenvalue weighted by molar-refractivity contribution is 0.178. The van der Waals surface area contributed by atoms with E-state index < -0.39 is 0 Å². The largest absolute Gasteiger partial charge is 0.385 e. The number of anilines is 1. The monoisotopic (exact) mass is 224 g/mol. The van der Waals surface area contributed by atoms with E-state index in [1.165, 1.54) is 5.56 Å². The molecular formula is C11H20N4O. The van der Waals surface area contributed by atoms with Gasteiger partial charge >= 0.3 is 0 Å². The summed E-state index contributed by atoms with van der Waals surface area (Å²) < 4.78 is 5.02. The summed E-state index contributed by atoms with van der Waals surface area (Å²) >= 11 is 0. The molecule has 5 heteroatoms. The summed E-state index contributed by atoms with van der Waals surface area (Å²) in [5.41, 5.74) is 3.74. The van der Waals surface area contributed by atoms with Crippen LogP contribution in [0.4, 0.5) is 5.82 Å². The fraction of sp³-hybridized carbons (Fsp3) is 0.545. The van der Waals surface area contributed by atoms with Gasteiger partial charge in [0.1, 0.15) is 5.82 Å². The molecule has 1 aromatic heterocycles. The molecule has 0 fully saturated rings. The van der Waals surface area contributed by atoms with Gasteiger partial charge in [-0.1, -0.05) is 0 Å². The van der Waals surface area contributed by atoms with Crippen LogP contribution in [0.1, 0.15) is 12.0 Å². The maximum Gasteiger partial charge on any atom is 0.140 e. The highest BCUT2D eigenvalue weighted by Crippen LogP contribution is 2.07. The molecule has 0 aliphatic heterocycles. The van der Waals surface area contributed by atoms with Crippen LogP contribution in [0.25, 0.3) is 0 Å². The number of nitrogens with zero attached hydrogens (tertiary/aromatic N) is 2. The fourth-order valence-electron chi connectivity index (χ4n) is 1.52. The van der Waals surface area contributed by atoms with Gasteiger partial charge in [-0.3, -0.25) is 0 Å². The van der Waals surface area contributed by atoms with E-state index in [1.54, 1.807) is 13.3 Å². The van der Waals surface area contributed by atoms with E-state index in [2.05, 4.69) is 22.4 Å². The van der Waals surface area contributed by atoms with Crippen molar-refractivity contribution in [1.82, 2.24) is 9.88 Å². The van der Waals surface area contributed by atoms with Gasteiger partial charge < -0.3 is 15.1 Å². The molecule has 0 amide bonds. The lowest BCUT2D eigenvalue weighted by atomic mass is 10.2. The molecule has 0 bridgehead atoms. The summed E-state index contributed by atoms with van der Waals surface area (Å²) in [5.74, 6) is 6.00. The van der Waals surface area contributed by atoms with Crippen molar-refractivity contribution < 1.29 is 4.74 Å². The number of hydrogen-bond acceptors (Lipinski definition) is 5. The molecule has 0 atom stereocenters. The third-order valence-electron chi connectivity index (χ3n) is 2.31. The minimum absolute atomic E-state index is 0.697. The van der Waals surface area contributed by atoms with E-state index in [4.69, 9.17) is 10.6 Å². The lowest BCUT2D eigenvalue weighted by Gasteiger charge is -2.16. The first kappa shape index (κ1) is 12.9. The molecule has 0 radical (unpaired) electrons. The maximum atomic E-state index is 5.31. The molecule has 0 aliphatic rings. The number of nitrogens with two attached hydrogens (primary N) is 1. The Morgan fingerprint density at radius 2 is 2.38 bits per heavy atom. The topological polar surface area (TPSA) is 63.4 Å². The first-order valence-electron chi connectivity index (χ1n) is 5.35. The Bertz CT molecular complexity index is 306. The SMILES string of the molecule is COCCCN(C)Cc1ccnc(NN)c1. The number of hydrogen-bond donors (Lipinski definition) is 2. The van der Waals surface area contributed by atoms with Gasteiger partial charge in [0.2, 0.25) is 0 Å². The minimum Gasteiger partial charge on any atom is -0.385 e. The first-order valence-corrected chi connectivity index (χ1v) is 5.35. The van der Waals surface area contributed by atoms with Crippen molar-refractivity contribution in [1.29, 1.82) is 0 Å². The standard InChI is InChI=1S/C11H20N4O/c1-15(6-3-7-16-2)9-10-4-5-13-11(8-10)14-12/h4-5,8H,3,6-7,9,12H2,1-2H3,(H,13,14). The van der Waals surface area contributed by atoms with E-state index in [0.717, 1.165) is 26.1 Å². The van der Waals surface area contributed by atoms with E-state index in [0.29, 0.717) is 5.82 Å². The predicted octanol–water partition coefficient (Wildman–Crippen LogP) is 0.836. The van der Waals surface area contributed by atoms with Crippen LogP contribution < -0.4 is 11.3 Å². The smallest absolute Gasteiger partial charge is 0.140 e. The number of hydrazine groups is 1. The highest BCUT2D eigenvalue weighted by Gasteiger charge is 2.01. The first-order chi connectivity index (χ1) is 7.76. The van der Waals surface area contributed by atoms with Crippen LogP contribution in [0.15, 0.2) is 18.3 Å². The second-order valence-electron chi connectivity index (χ2n) is 3.78. The van der Waals surface area contributed by atoms with Crippen molar-refractivity contribution in [3.8, 4) is 0 Å². The summed E-state index contributed by atoms with van der Waals surface area (Å²) in [6, 6.07) is 3.94. The van der Waals surface area contributed by atoms with Gasteiger partial charge in [-0.15, -0.1) is 0 Å². The fourth-order valence-corrected chi connectivity index (χ4v) is 1.52. The van der Waals surface area contributed by atoms with E-state index >= 15 is 0 Å². The quantitative estimate of drug-likeness (QED) is 0.408. The van der Waals surface area contributed by atoms with Crippen LogP contribution in [0.2, 0.25) is 0 Å². The second kappa shape index (κ2) is 7.16. The number of nitrogens with one attached hydrogen (secondary N) is 1. The Morgan fingerprint density at radius 3 is 3.06 bits per heavy atom. The Morgan fingerprint density at radius 1 is 1.56 bits per heavy atom. The molecule has 0 saturated heterocycles. The molecule has 90 valence electrons. The molecule has 3 N–H and O–H groups in total. The molecule has 0 aromatic carbocycles. The third kappa shape index (κ3) is 4.57. The molecular weight excluding hydrogens is 204 g/mol. The predicted molar refractivity (Wildman–Crippen MR) is 64.9 cm³/mol. The Hall–Kier alpha value is -1.17. The van der Waals surface area contributed by atoms with Gasteiger partial charge in [0, 0.05) is 33.0 Å². The summed E-state index contributed by atoms with van der Waals surface area (Å²) in [6.45, 7) is 2.71. The normalized spacial score (nSPS) is 10.8. The van der Waals surface area contributed by atoms with Gasteiger partial charge in [-0.2, -0.15) is 0 Å². The zero-order valence-corrected chi connectivity index (χ0v) is 9.94. The summed E-state index contributed by atoms with van der Waals surface area (Å²) in [5, 5.41) is 0. The molecule has 0 aliphatic carbocycles. The average Bonchev–Trinajstić information content (AvgIpc) is 2.29. The van der Waals surface area contributed by atoms with E-state index in [-0.39, 0.29) is 0 Å². The lowest BCUT2D eigenvalue weighted by Crippen LogP contribution is -2.20. The number of methoxy groups -OCH3 is 1. The zero-order chi connectivity index (χ0) is 11.8. The summed E-state index contributed by atoms with van der Waals surface area (Å²) in [4.78, 5) is 6.31. The highest BCUT2D eigenvalue weighted by molar-refractivity contribution is 5.35. The Labute approximate surface area is 96.6 Å². The Kier molecular flexibility index (Phi) is 5.77. The molecule has 0 saturated carbocycles.